The molecule has 1 fully saturated rings. The molecule has 1 aromatic carbocycles. The number of hydrogen-bond acceptors (Lipinski definition) is 3. The Balaban J connectivity index is 1.85. The minimum Gasteiger partial charge on any atom is -0.392 e. The molecule has 0 amide bonds. The number of piperidine rings is 1. The molecule has 0 radical (unpaired) electrons. The number of pyridine rings is 1. The highest BCUT2D eigenvalue weighted by Gasteiger charge is 2.16. The van der Waals surface area contributed by atoms with Crippen molar-refractivity contribution in [1.29, 1.82) is 0 Å². The van der Waals surface area contributed by atoms with Crippen molar-refractivity contribution in [2.45, 2.75) is 25.4 Å². The second kappa shape index (κ2) is 6.16. The normalized spacial score (nSPS) is 18.9. The highest BCUT2D eigenvalue weighted by molar-refractivity contribution is 5.59. The predicted octanol–water partition coefficient (Wildman–Crippen LogP) is 2.71. The van der Waals surface area contributed by atoms with E-state index in [0.29, 0.717) is 5.92 Å². The van der Waals surface area contributed by atoms with Crippen LogP contribution in [0.3, 0.4) is 0 Å². The van der Waals surface area contributed by atoms with Crippen LogP contribution in [0.1, 0.15) is 30.0 Å². The lowest BCUT2D eigenvalue weighted by atomic mass is 9.95. The van der Waals surface area contributed by atoms with E-state index in [1.807, 2.05) is 30.3 Å². The Labute approximate surface area is 119 Å². The van der Waals surface area contributed by atoms with Crippen LogP contribution < -0.4 is 5.32 Å². The number of hydrogen-bond donors (Lipinski definition) is 2. The molecule has 3 heteroatoms. The summed E-state index contributed by atoms with van der Waals surface area (Å²) < 4.78 is 0. The van der Waals surface area contributed by atoms with Gasteiger partial charge in [-0.25, -0.2) is 0 Å². The molecule has 104 valence electrons. The van der Waals surface area contributed by atoms with Crippen molar-refractivity contribution in [2.75, 3.05) is 13.1 Å². The van der Waals surface area contributed by atoms with Gasteiger partial charge in [0.25, 0.3) is 0 Å². The Bertz CT molecular complexity index is 559. The SMILES string of the molecule is OCc1ccc(-c2cccc(C3CCCNC3)n2)cc1. The van der Waals surface area contributed by atoms with Crippen LogP contribution in [0.4, 0.5) is 0 Å². The number of benzene rings is 1. The van der Waals surface area contributed by atoms with Crippen molar-refractivity contribution >= 4 is 0 Å². The van der Waals surface area contributed by atoms with Crippen molar-refractivity contribution < 1.29 is 5.11 Å². The third kappa shape index (κ3) is 2.89. The summed E-state index contributed by atoms with van der Waals surface area (Å²) in [5.74, 6) is 0.528. The zero-order chi connectivity index (χ0) is 13.8. The topological polar surface area (TPSA) is 45.1 Å². The number of aromatic nitrogens is 1. The smallest absolute Gasteiger partial charge is 0.0705 e. The highest BCUT2D eigenvalue weighted by Crippen LogP contribution is 2.24. The fraction of sp³-hybridized carbons (Fsp3) is 0.353. The van der Waals surface area contributed by atoms with Gasteiger partial charge in [-0.05, 0) is 37.1 Å². The maximum Gasteiger partial charge on any atom is 0.0705 e. The lowest BCUT2D eigenvalue weighted by Crippen LogP contribution is -2.28. The maximum atomic E-state index is 9.09. The van der Waals surface area contributed by atoms with Crippen LogP contribution >= 0.6 is 0 Å². The Morgan fingerprint density at radius 1 is 1.15 bits per heavy atom. The van der Waals surface area contributed by atoms with Crippen LogP contribution in [0.2, 0.25) is 0 Å². The van der Waals surface area contributed by atoms with E-state index < -0.39 is 0 Å². The van der Waals surface area contributed by atoms with Gasteiger partial charge in [0.1, 0.15) is 0 Å². The molecular formula is C17H20N2O. The largest absolute Gasteiger partial charge is 0.392 e. The van der Waals surface area contributed by atoms with E-state index in [9.17, 15) is 0 Å². The minimum atomic E-state index is 0.0848. The van der Waals surface area contributed by atoms with Crippen LogP contribution in [-0.4, -0.2) is 23.2 Å². The Morgan fingerprint density at radius 3 is 2.70 bits per heavy atom. The van der Waals surface area contributed by atoms with Gasteiger partial charge in [0.05, 0.1) is 12.3 Å². The minimum absolute atomic E-state index is 0.0848. The maximum absolute atomic E-state index is 9.09. The molecule has 2 heterocycles. The summed E-state index contributed by atoms with van der Waals surface area (Å²) in [6.45, 7) is 2.24. The summed E-state index contributed by atoms with van der Waals surface area (Å²) in [5, 5.41) is 12.5. The van der Waals surface area contributed by atoms with E-state index in [1.54, 1.807) is 0 Å². The third-order valence-corrected chi connectivity index (χ3v) is 3.92. The van der Waals surface area contributed by atoms with Crippen LogP contribution in [-0.2, 0) is 6.61 Å². The second-order valence-corrected chi connectivity index (χ2v) is 5.35. The van der Waals surface area contributed by atoms with Gasteiger partial charge < -0.3 is 10.4 Å². The van der Waals surface area contributed by atoms with Gasteiger partial charge in [0.15, 0.2) is 0 Å². The van der Waals surface area contributed by atoms with Gasteiger partial charge in [-0.15, -0.1) is 0 Å². The fourth-order valence-electron chi connectivity index (χ4n) is 2.72. The average Bonchev–Trinajstić information content (AvgIpc) is 2.56. The van der Waals surface area contributed by atoms with Gasteiger partial charge >= 0.3 is 0 Å². The molecule has 20 heavy (non-hydrogen) atoms. The monoisotopic (exact) mass is 268 g/mol. The number of nitrogens with one attached hydrogen (secondary N) is 1. The molecule has 1 aliphatic heterocycles. The standard InChI is InChI=1S/C17H20N2O/c20-12-13-6-8-14(9-7-13)16-4-1-5-17(19-16)15-3-2-10-18-11-15/h1,4-9,15,18,20H,2-3,10-12H2. The van der Waals surface area contributed by atoms with Crippen molar-refractivity contribution in [2.24, 2.45) is 0 Å². The Hall–Kier alpha value is -1.71. The van der Waals surface area contributed by atoms with E-state index in [-0.39, 0.29) is 6.61 Å². The van der Waals surface area contributed by atoms with E-state index in [4.69, 9.17) is 10.1 Å². The van der Waals surface area contributed by atoms with Gasteiger partial charge in [0.2, 0.25) is 0 Å². The number of rotatable bonds is 3. The highest BCUT2D eigenvalue weighted by atomic mass is 16.3. The molecule has 3 nitrogen and oxygen atoms in total. The average molecular weight is 268 g/mol. The first-order valence-electron chi connectivity index (χ1n) is 7.24. The van der Waals surface area contributed by atoms with Crippen LogP contribution in [0.5, 0.6) is 0 Å². The molecule has 1 unspecified atom stereocenters. The van der Waals surface area contributed by atoms with Crippen molar-refractivity contribution in [3.63, 3.8) is 0 Å². The zero-order valence-corrected chi connectivity index (χ0v) is 11.5. The second-order valence-electron chi connectivity index (χ2n) is 5.35. The molecule has 3 rings (SSSR count). The fourth-order valence-corrected chi connectivity index (χ4v) is 2.72. The Kier molecular flexibility index (Phi) is 4.09. The molecule has 2 N–H and O–H groups in total. The summed E-state index contributed by atoms with van der Waals surface area (Å²) in [6.07, 6.45) is 2.44. The molecule has 1 aliphatic rings. The molecule has 1 saturated heterocycles. The first-order valence-corrected chi connectivity index (χ1v) is 7.24. The van der Waals surface area contributed by atoms with E-state index >= 15 is 0 Å². The summed E-state index contributed by atoms with van der Waals surface area (Å²) in [4.78, 5) is 4.82. The van der Waals surface area contributed by atoms with E-state index in [0.717, 1.165) is 29.9 Å². The molecule has 0 saturated carbocycles. The number of aliphatic hydroxyl groups excluding tert-OH is 1. The lowest BCUT2D eigenvalue weighted by molar-refractivity contribution is 0.282. The van der Waals surface area contributed by atoms with Crippen LogP contribution in [0.25, 0.3) is 11.3 Å². The first kappa shape index (κ1) is 13.3. The number of nitrogens with zero attached hydrogens (tertiary/aromatic N) is 1. The Morgan fingerprint density at radius 2 is 2.00 bits per heavy atom. The molecule has 0 spiro atoms. The van der Waals surface area contributed by atoms with Gasteiger partial charge in [-0.2, -0.15) is 0 Å². The van der Waals surface area contributed by atoms with Gasteiger partial charge in [0, 0.05) is 23.7 Å². The van der Waals surface area contributed by atoms with Crippen molar-refractivity contribution in [3.8, 4) is 11.3 Å². The first-order chi connectivity index (χ1) is 9.86. The van der Waals surface area contributed by atoms with Crippen LogP contribution in [0, 0.1) is 0 Å². The third-order valence-electron chi connectivity index (χ3n) is 3.92. The molecule has 1 atom stereocenters. The predicted molar refractivity (Wildman–Crippen MR) is 80.4 cm³/mol. The summed E-state index contributed by atoms with van der Waals surface area (Å²) >= 11 is 0. The molecule has 2 aromatic rings. The molecular weight excluding hydrogens is 248 g/mol. The van der Waals surface area contributed by atoms with Crippen molar-refractivity contribution in [1.82, 2.24) is 10.3 Å². The number of aliphatic hydroxyl groups is 1. The van der Waals surface area contributed by atoms with E-state index in [1.165, 1.54) is 18.5 Å². The van der Waals surface area contributed by atoms with Crippen LogP contribution in [0.15, 0.2) is 42.5 Å². The summed E-state index contributed by atoms with van der Waals surface area (Å²) in [7, 11) is 0. The summed E-state index contributed by atoms with van der Waals surface area (Å²) in [5.41, 5.74) is 4.23. The zero-order valence-electron chi connectivity index (χ0n) is 11.5. The van der Waals surface area contributed by atoms with E-state index in [2.05, 4.69) is 17.4 Å². The molecule has 0 aliphatic carbocycles. The van der Waals surface area contributed by atoms with Gasteiger partial charge in [-0.1, -0.05) is 30.3 Å². The lowest BCUT2D eigenvalue weighted by Gasteiger charge is -2.22. The quantitative estimate of drug-likeness (QED) is 0.899. The molecule has 1 aromatic heterocycles. The molecule has 0 bridgehead atoms. The summed E-state index contributed by atoms with van der Waals surface area (Å²) in [6, 6.07) is 14.2. The van der Waals surface area contributed by atoms with Gasteiger partial charge in [-0.3, -0.25) is 4.98 Å². The van der Waals surface area contributed by atoms with Crippen molar-refractivity contribution in [3.05, 3.63) is 53.7 Å².